The van der Waals surface area contributed by atoms with Gasteiger partial charge in [-0.1, -0.05) is 12.8 Å². The molecule has 0 spiro atoms. The largest absolute Gasteiger partial charge is 0.317 e. The summed E-state index contributed by atoms with van der Waals surface area (Å²) in [6, 6.07) is 0.517. The Balaban J connectivity index is 1.71. The van der Waals surface area contributed by atoms with Crippen molar-refractivity contribution >= 4 is 0 Å². The molecule has 0 atom stereocenters. The molecule has 1 aromatic rings. The standard InChI is InChI=1S/C11H19N5/c1-2-4-10(3-1)16-14-11(13-15-16)9-5-7-12-8-6-9/h9-10,12H,1-8H2. The van der Waals surface area contributed by atoms with Crippen molar-refractivity contribution in [3.63, 3.8) is 0 Å². The lowest BCUT2D eigenvalue weighted by Gasteiger charge is -2.19. The first-order valence-corrected chi connectivity index (χ1v) is 6.43. The van der Waals surface area contributed by atoms with E-state index in [-0.39, 0.29) is 0 Å². The Morgan fingerprint density at radius 3 is 2.56 bits per heavy atom. The normalized spacial score (nSPS) is 24.0. The summed E-state index contributed by atoms with van der Waals surface area (Å²) in [5.74, 6) is 1.49. The lowest BCUT2D eigenvalue weighted by atomic mass is 9.98. The molecule has 0 radical (unpaired) electrons. The van der Waals surface area contributed by atoms with Crippen molar-refractivity contribution in [2.75, 3.05) is 13.1 Å². The van der Waals surface area contributed by atoms with Gasteiger partial charge in [0.15, 0.2) is 5.82 Å². The highest BCUT2D eigenvalue weighted by atomic mass is 15.6. The van der Waals surface area contributed by atoms with Gasteiger partial charge in [-0.15, -0.1) is 10.2 Å². The molecule has 1 aromatic heterocycles. The number of tetrazole rings is 1. The summed E-state index contributed by atoms with van der Waals surface area (Å²) in [5, 5.41) is 16.4. The van der Waals surface area contributed by atoms with Crippen LogP contribution in [0.15, 0.2) is 0 Å². The molecule has 16 heavy (non-hydrogen) atoms. The molecule has 0 aromatic carbocycles. The summed E-state index contributed by atoms with van der Waals surface area (Å²) in [5.41, 5.74) is 0. The second kappa shape index (κ2) is 4.49. The zero-order chi connectivity index (χ0) is 10.8. The molecule has 2 aliphatic rings. The average Bonchev–Trinajstić information content (AvgIpc) is 3.01. The summed E-state index contributed by atoms with van der Waals surface area (Å²) in [4.78, 5) is 1.87. The third-order valence-corrected chi connectivity index (χ3v) is 3.80. The Hall–Kier alpha value is -0.970. The SMILES string of the molecule is C1CCC(n2nnc(C3CCNCC3)n2)C1. The van der Waals surface area contributed by atoms with Gasteiger partial charge in [-0.3, -0.25) is 0 Å². The summed E-state index contributed by atoms with van der Waals surface area (Å²) in [6.45, 7) is 2.17. The first kappa shape index (κ1) is 10.2. The van der Waals surface area contributed by atoms with E-state index in [1.54, 1.807) is 0 Å². The van der Waals surface area contributed by atoms with Gasteiger partial charge in [-0.05, 0) is 44.0 Å². The fraction of sp³-hybridized carbons (Fsp3) is 0.909. The highest BCUT2D eigenvalue weighted by Crippen LogP contribution is 2.28. The summed E-state index contributed by atoms with van der Waals surface area (Å²) in [7, 11) is 0. The maximum Gasteiger partial charge on any atom is 0.177 e. The first-order chi connectivity index (χ1) is 7.93. The van der Waals surface area contributed by atoms with Gasteiger partial charge in [-0.25, -0.2) is 0 Å². The zero-order valence-corrected chi connectivity index (χ0v) is 9.60. The smallest absolute Gasteiger partial charge is 0.177 e. The van der Waals surface area contributed by atoms with Crippen LogP contribution in [-0.4, -0.2) is 33.3 Å². The second-order valence-corrected chi connectivity index (χ2v) is 4.93. The second-order valence-electron chi connectivity index (χ2n) is 4.93. The maximum atomic E-state index is 4.58. The topological polar surface area (TPSA) is 55.6 Å². The minimum absolute atomic E-state index is 0.517. The molecule has 5 nitrogen and oxygen atoms in total. The van der Waals surface area contributed by atoms with Gasteiger partial charge in [0, 0.05) is 5.92 Å². The predicted molar refractivity (Wildman–Crippen MR) is 60.2 cm³/mol. The zero-order valence-electron chi connectivity index (χ0n) is 9.60. The first-order valence-electron chi connectivity index (χ1n) is 6.43. The highest BCUT2D eigenvalue weighted by Gasteiger charge is 2.23. The van der Waals surface area contributed by atoms with Crippen molar-refractivity contribution in [3.05, 3.63) is 5.82 Å². The lowest BCUT2D eigenvalue weighted by molar-refractivity contribution is 0.397. The minimum Gasteiger partial charge on any atom is -0.317 e. The quantitative estimate of drug-likeness (QED) is 0.816. The van der Waals surface area contributed by atoms with Gasteiger partial charge in [0.05, 0.1) is 6.04 Å². The molecule has 1 aliphatic heterocycles. The van der Waals surface area contributed by atoms with Crippen molar-refractivity contribution in [1.29, 1.82) is 0 Å². The van der Waals surface area contributed by atoms with Gasteiger partial charge in [-0.2, -0.15) is 4.80 Å². The van der Waals surface area contributed by atoms with Crippen LogP contribution in [0.2, 0.25) is 0 Å². The van der Waals surface area contributed by atoms with Crippen molar-refractivity contribution in [3.8, 4) is 0 Å². The van der Waals surface area contributed by atoms with Crippen LogP contribution in [0.5, 0.6) is 0 Å². The third-order valence-electron chi connectivity index (χ3n) is 3.80. The van der Waals surface area contributed by atoms with Crippen molar-refractivity contribution < 1.29 is 0 Å². The van der Waals surface area contributed by atoms with E-state index in [4.69, 9.17) is 0 Å². The fourth-order valence-corrected chi connectivity index (χ4v) is 2.77. The Morgan fingerprint density at radius 2 is 1.81 bits per heavy atom. The number of piperidine rings is 1. The van der Waals surface area contributed by atoms with E-state index in [9.17, 15) is 0 Å². The van der Waals surface area contributed by atoms with E-state index in [1.807, 2.05) is 4.80 Å². The number of hydrogen-bond donors (Lipinski definition) is 1. The van der Waals surface area contributed by atoms with E-state index >= 15 is 0 Å². The monoisotopic (exact) mass is 221 g/mol. The van der Waals surface area contributed by atoms with E-state index in [0.717, 1.165) is 31.8 Å². The van der Waals surface area contributed by atoms with Gasteiger partial charge >= 0.3 is 0 Å². The highest BCUT2D eigenvalue weighted by molar-refractivity contribution is 4.94. The van der Waals surface area contributed by atoms with Crippen LogP contribution in [0.4, 0.5) is 0 Å². The van der Waals surface area contributed by atoms with E-state index < -0.39 is 0 Å². The van der Waals surface area contributed by atoms with Crippen molar-refractivity contribution in [2.24, 2.45) is 0 Å². The molecule has 5 heteroatoms. The van der Waals surface area contributed by atoms with E-state index in [2.05, 4.69) is 20.7 Å². The summed E-state index contributed by atoms with van der Waals surface area (Å²) in [6.07, 6.45) is 7.38. The molecule has 88 valence electrons. The summed E-state index contributed by atoms with van der Waals surface area (Å²) >= 11 is 0. The van der Waals surface area contributed by atoms with Crippen LogP contribution in [0.25, 0.3) is 0 Å². The maximum absolute atomic E-state index is 4.58. The Morgan fingerprint density at radius 1 is 1.06 bits per heavy atom. The van der Waals surface area contributed by atoms with Gasteiger partial charge < -0.3 is 5.32 Å². The Bertz CT molecular complexity index is 336. The van der Waals surface area contributed by atoms with Crippen LogP contribution in [-0.2, 0) is 0 Å². The number of rotatable bonds is 2. The number of nitrogens with one attached hydrogen (secondary N) is 1. The molecule has 1 aliphatic carbocycles. The van der Waals surface area contributed by atoms with Gasteiger partial charge in [0.25, 0.3) is 0 Å². The van der Waals surface area contributed by atoms with Crippen LogP contribution >= 0.6 is 0 Å². The number of aromatic nitrogens is 4. The molecule has 1 saturated carbocycles. The molecule has 2 fully saturated rings. The Kier molecular flexibility index (Phi) is 2.86. The molecular weight excluding hydrogens is 202 g/mol. The minimum atomic E-state index is 0.517. The van der Waals surface area contributed by atoms with Crippen molar-refractivity contribution in [1.82, 2.24) is 25.5 Å². The van der Waals surface area contributed by atoms with E-state index in [1.165, 1.54) is 25.7 Å². The molecular formula is C11H19N5. The number of nitrogens with zero attached hydrogens (tertiary/aromatic N) is 4. The van der Waals surface area contributed by atoms with E-state index in [0.29, 0.717) is 12.0 Å². The van der Waals surface area contributed by atoms with Crippen molar-refractivity contribution in [2.45, 2.75) is 50.5 Å². The van der Waals surface area contributed by atoms with Gasteiger partial charge in [0.2, 0.25) is 0 Å². The number of hydrogen-bond acceptors (Lipinski definition) is 4. The molecule has 0 unspecified atom stereocenters. The molecule has 2 heterocycles. The van der Waals surface area contributed by atoms with Crippen LogP contribution in [0.3, 0.4) is 0 Å². The average molecular weight is 221 g/mol. The van der Waals surface area contributed by atoms with Gasteiger partial charge in [0.1, 0.15) is 0 Å². The molecule has 3 rings (SSSR count). The molecule has 1 saturated heterocycles. The molecule has 0 bridgehead atoms. The third kappa shape index (κ3) is 1.96. The lowest BCUT2D eigenvalue weighted by Crippen LogP contribution is -2.27. The molecule has 1 N–H and O–H groups in total. The Labute approximate surface area is 95.6 Å². The van der Waals surface area contributed by atoms with Crippen LogP contribution in [0.1, 0.15) is 56.3 Å². The fourth-order valence-electron chi connectivity index (χ4n) is 2.77. The van der Waals surface area contributed by atoms with Crippen LogP contribution in [0, 0.1) is 0 Å². The van der Waals surface area contributed by atoms with Crippen LogP contribution < -0.4 is 5.32 Å². The summed E-state index contributed by atoms with van der Waals surface area (Å²) < 4.78 is 0. The molecule has 0 amide bonds. The predicted octanol–water partition coefficient (Wildman–Crippen LogP) is 1.26.